The molecule has 4 atom stereocenters. The van der Waals surface area contributed by atoms with Gasteiger partial charge in [-0.25, -0.2) is 0 Å². The van der Waals surface area contributed by atoms with Crippen LogP contribution in [-0.2, 0) is 11.2 Å². The molecular weight excluding hydrogens is 256 g/mol. The van der Waals surface area contributed by atoms with Crippen molar-refractivity contribution in [1.82, 2.24) is 0 Å². The molecule has 1 fully saturated rings. The van der Waals surface area contributed by atoms with Crippen LogP contribution in [0.15, 0.2) is 18.2 Å². The zero-order valence-corrected chi connectivity index (χ0v) is 13.9. The van der Waals surface area contributed by atoms with E-state index in [0.29, 0.717) is 23.5 Å². The van der Waals surface area contributed by atoms with Crippen molar-refractivity contribution >= 4 is 5.78 Å². The summed E-state index contributed by atoms with van der Waals surface area (Å²) in [4.78, 5) is 12.4. The summed E-state index contributed by atoms with van der Waals surface area (Å²) in [6.45, 7) is 8.99. The molecule has 0 radical (unpaired) electrons. The summed E-state index contributed by atoms with van der Waals surface area (Å²) in [5.41, 5.74) is 4.38. The van der Waals surface area contributed by atoms with Gasteiger partial charge in [0.25, 0.3) is 0 Å². The van der Waals surface area contributed by atoms with Crippen molar-refractivity contribution in [1.29, 1.82) is 0 Å². The summed E-state index contributed by atoms with van der Waals surface area (Å²) in [5, 5.41) is 0. The Kier molecular flexibility index (Phi) is 3.71. The standard InChI is InChI=1S/C20H28O/c1-5-20(4)18(10-11-19(20)21)17-9-7-15-12-13(2)6-8-16(15)14(17)3/h6,8,12,14,17-18H,5,7,9-11H2,1-4H3/t14-,17-,18+,20+/m1/s1. The first-order valence-electron chi connectivity index (χ1n) is 8.60. The Balaban J connectivity index is 1.92. The number of ketones is 1. The van der Waals surface area contributed by atoms with E-state index >= 15 is 0 Å². The predicted molar refractivity (Wildman–Crippen MR) is 87.5 cm³/mol. The van der Waals surface area contributed by atoms with E-state index < -0.39 is 0 Å². The van der Waals surface area contributed by atoms with Crippen LogP contribution in [0.1, 0.15) is 69.1 Å². The number of hydrogen-bond donors (Lipinski definition) is 0. The van der Waals surface area contributed by atoms with Gasteiger partial charge in [-0.15, -0.1) is 0 Å². The highest BCUT2D eigenvalue weighted by atomic mass is 16.1. The number of aryl methyl sites for hydroxylation is 2. The highest BCUT2D eigenvalue weighted by Crippen LogP contribution is 2.53. The molecular formula is C20H28O. The summed E-state index contributed by atoms with van der Waals surface area (Å²) in [6.07, 6.45) is 5.36. The van der Waals surface area contributed by atoms with E-state index in [-0.39, 0.29) is 5.41 Å². The first-order valence-corrected chi connectivity index (χ1v) is 8.60. The maximum absolute atomic E-state index is 12.4. The van der Waals surface area contributed by atoms with Crippen molar-refractivity contribution in [3.05, 3.63) is 34.9 Å². The predicted octanol–water partition coefficient (Wildman–Crippen LogP) is 5.06. The fourth-order valence-corrected chi connectivity index (χ4v) is 4.99. The Morgan fingerprint density at radius 2 is 2.00 bits per heavy atom. The fourth-order valence-electron chi connectivity index (χ4n) is 4.99. The van der Waals surface area contributed by atoms with Gasteiger partial charge in [0.15, 0.2) is 0 Å². The molecule has 1 aromatic carbocycles. The SMILES string of the molecule is CC[C@]1(C)C(=O)CC[C@H]1[C@@H]1CCc2cc(C)ccc2[C@H]1C. The third-order valence-electron chi connectivity index (χ3n) is 6.57. The van der Waals surface area contributed by atoms with Gasteiger partial charge in [0, 0.05) is 11.8 Å². The second-order valence-electron chi connectivity index (χ2n) is 7.53. The van der Waals surface area contributed by atoms with Crippen LogP contribution in [0.25, 0.3) is 0 Å². The number of rotatable bonds is 2. The van der Waals surface area contributed by atoms with Crippen molar-refractivity contribution in [2.75, 3.05) is 0 Å². The van der Waals surface area contributed by atoms with Gasteiger partial charge >= 0.3 is 0 Å². The first kappa shape index (κ1) is 14.8. The Labute approximate surface area is 129 Å². The fraction of sp³-hybridized carbons (Fsp3) is 0.650. The second-order valence-corrected chi connectivity index (χ2v) is 7.53. The molecule has 0 saturated heterocycles. The molecule has 0 spiro atoms. The molecule has 1 aromatic rings. The Morgan fingerprint density at radius 3 is 2.71 bits per heavy atom. The smallest absolute Gasteiger partial charge is 0.139 e. The second kappa shape index (κ2) is 5.26. The average Bonchev–Trinajstić information content (AvgIpc) is 2.76. The van der Waals surface area contributed by atoms with Crippen molar-refractivity contribution in [2.45, 2.75) is 65.7 Å². The van der Waals surface area contributed by atoms with E-state index in [1.807, 2.05) is 0 Å². The topological polar surface area (TPSA) is 17.1 Å². The summed E-state index contributed by atoms with van der Waals surface area (Å²) in [6, 6.07) is 6.94. The van der Waals surface area contributed by atoms with Crippen LogP contribution in [0.5, 0.6) is 0 Å². The quantitative estimate of drug-likeness (QED) is 0.742. The van der Waals surface area contributed by atoms with Gasteiger partial charge in [-0.2, -0.15) is 0 Å². The summed E-state index contributed by atoms with van der Waals surface area (Å²) in [7, 11) is 0. The lowest BCUT2D eigenvalue weighted by atomic mass is 9.62. The molecule has 1 nitrogen and oxygen atoms in total. The van der Waals surface area contributed by atoms with Crippen molar-refractivity contribution in [2.24, 2.45) is 17.3 Å². The molecule has 2 aliphatic carbocycles. The monoisotopic (exact) mass is 284 g/mol. The summed E-state index contributed by atoms with van der Waals surface area (Å²) >= 11 is 0. The van der Waals surface area contributed by atoms with Crippen LogP contribution in [0.2, 0.25) is 0 Å². The molecule has 1 heteroatoms. The molecule has 114 valence electrons. The minimum atomic E-state index is -0.0683. The molecule has 3 rings (SSSR count). The summed E-state index contributed by atoms with van der Waals surface area (Å²) in [5.74, 6) is 2.36. The van der Waals surface area contributed by atoms with Gasteiger partial charge in [0.2, 0.25) is 0 Å². The van der Waals surface area contributed by atoms with Crippen LogP contribution in [-0.4, -0.2) is 5.78 Å². The number of Topliss-reactive ketones (excluding diaryl/α,β-unsaturated/α-hetero) is 1. The minimum absolute atomic E-state index is 0.0683. The van der Waals surface area contributed by atoms with Crippen LogP contribution < -0.4 is 0 Å². The summed E-state index contributed by atoms with van der Waals surface area (Å²) < 4.78 is 0. The lowest BCUT2D eigenvalue weighted by Crippen LogP contribution is -2.36. The van der Waals surface area contributed by atoms with E-state index in [9.17, 15) is 4.79 Å². The molecule has 0 heterocycles. The van der Waals surface area contributed by atoms with Crippen molar-refractivity contribution in [3.8, 4) is 0 Å². The largest absolute Gasteiger partial charge is 0.299 e. The van der Waals surface area contributed by atoms with Gasteiger partial charge in [-0.05, 0) is 61.5 Å². The Morgan fingerprint density at radius 1 is 1.24 bits per heavy atom. The molecule has 2 aliphatic rings. The van der Waals surface area contributed by atoms with Crippen LogP contribution >= 0.6 is 0 Å². The molecule has 0 unspecified atom stereocenters. The highest BCUT2D eigenvalue weighted by Gasteiger charge is 2.49. The molecule has 0 aliphatic heterocycles. The normalized spacial score (nSPS) is 35.8. The van der Waals surface area contributed by atoms with Gasteiger partial charge in [-0.1, -0.05) is 44.5 Å². The molecule has 0 aromatic heterocycles. The lowest BCUT2D eigenvalue weighted by molar-refractivity contribution is -0.127. The molecule has 0 N–H and O–H groups in total. The van der Waals surface area contributed by atoms with Gasteiger partial charge in [0.1, 0.15) is 5.78 Å². The molecule has 0 bridgehead atoms. The van der Waals surface area contributed by atoms with Crippen molar-refractivity contribution in [3.63, 3.8) is 0 Å². The van der Waals surface area contributed by atoms with Crippen LogP contribution in [0.3, 0.4) is 0 Å². The van der Waals surface area contributed by atoms with E-state index in [0.717, 1.165) is 19.3 Å². The third kappa shape index (κ3) is 2.25. The first-order chi connectivity index (χ1) is 9.97. The zero-order chi connectivity index (χ0) is 15.2. The van der Waals surface area contributed by atoms with Gasteiger partial charge in [0.05, 0.1) is 0 Å². The van der Waals surface area contributed by atoms with E-state index in [4.69, 9.17) is 0 Å². The highest BCUT2D eigenvalue weighted by molar-refractivity contribution is 5.87. The Hall–Kier alpha value is -1.11. The van der Waals surface area contributed by atoms with E-state index in [1.165, 1.54) is 24.0 Å². The zero-order valence-electron chi connectivity index (χ0n) is 13.9. The number of fused-ring (bicyclic) bond motifs is 1. The maximum Gasteiger partial charge on any atom is 0.139 e. The lowest BCUT2D eigenvalue weighted by Gasteiger charge is -2.41. The Bertz CT molecular complexity index is 559. The molecule has 0 amide bonds. The van der Waals surface area contributed by atoms with Gasteiger partial charge < -0.3 is 0 Å². The van der Waals surface area contributed by atoms with Crippen molar-refractivity contribution < 1.29 is 4.79 Å². The number of hydrogen-bond acceptors (Lipinski definition) is 1. The molecule has 1 saturated carbocycles. The maximum atomic E-state index is 12.4. The third-order valence-corrected chi connectivity index (χ3v) is 6.57. The molecule has 21 heavy (non-hydrogen) atoms. The van der Waals surface area contributed by atoms with Crippen LogP contribution in [0, 0.1) is 24.2 Å². The van der Waals surface area contributed by atoms with E-state index in [1.54, 1.807) is 5.56 Å². The number of carbonyl (C=O) groups excluding carboxylic acids is 1. The van der Waals surface area contributed by atoms with E-state index in [2.05, 4.69) is 45.9 Å². The number of carbonyl (C=O) groups is 1. The minimum Gasteiger partial charge on any atom is -0.299 e. The van der Waals surface area contributed by atoms with Crippen LogP contribution in [0.4, 0.5) is 0 Å². The average molecular weight is 284 g/mol. The number of benzene rings is 1. The van der Waals surface area contributed by atoms with Gasteiger partial charge in [-0.3, -0.25) is 4.79 Å².